The highest BCUT2D eigenvalue weighted by atomic mass is 15.0. The van der Waals surface area contributed by atoms with Crippen molar-refractivity contribution in [1.82, 2.24) is 5.32 Å². The van der Waals surface area contributed by atoms with Gasteiger partial charge < -0.3 is 5.32 Å². The lowest BCUT2D eigenvalue weighted by molar-refractivity contribution is 0.0978. The van der Waals surface area contributed by atoms with Crippen molar-refractivity contribution in [2.75, 3.05) is 6.54 Å². The summed E-state index contributed by atoms with van der Waals surface area (Å²) in [6.07, 6.45) is 8.52. The Kier molecular flexibility index (Phi) is 4.68. The summed E-state index contributed by atoms with van der Waals surface area (Å²) in [6, 6.07) is 0. The lowest BCUT2D eigenvalue weighted by Crippen LogP contribution is -2.47. The van der Waals surface area contributed by atoms with Gasteiger partial charge in [-0.05, 0) is 57.3 Å². The molecule has 1 aliphatic carbocycles. The van der Waals surface area contributed by atoms with Crippen LogP contribution in [0.2, 0.25) is 0 Å². The standard InChI is InChI=1S/C16H33N/c1-14(2,3)9-7-10-16(11-8-12-16)13-17-15(4,5)6/h17H,7-13H2,1-6H3. The molecule has 17 heavy (non-hydrogen) atoms. The zero-order valence-electron chi connectivity index (χ0n) is 12.9. The Morgan fingerprint density at radius 3 is 1.94 bits per heavy atom. The fourth-order valence-electron chi connectivity index (χ4n) is 2.64. The summed E-state index contributed by atoms with van der Waals surface area (Å²) in [5.41, 5.74) is 1.41. The van der Waals surface area contributed by atoms with E-state index in [1.165, 1.54) is 45.1 Å². The van der Waals surface area contributed by atoms with Gasteiger partial charge in [0.1, 0.15) is 0 Å². The molecular weight excluding hydrogens is 206 g/mol. The van der Waals surface area contributed by atoms with Gasteiger partial charge >= 0.3 is 0 Å². The topological polar surface area (TPSA) is 12.0 Å². The Labute approximate surface area is 109 Å². The van der Waals surface area contributed by atoms with E-state index in [4.69, 9.17) is 0 Å². The third-order valence-electron chi connectivity index (χ3n) is 4.04. The smallest absolute Gasteiger partial charge is 0.00967 e. The number of nitrogens with one attached hydrogen (secondary N) is 1. The quantitative estimate of drug-likeness (QED) is 0.729. The fourth-order valence-corrected chi connectivity index (χ4v) is 2.64. The van der Waals surface area contributed by atoms with Gasteiger partial charge in [0.15, 0.2) is 0 Å². The van der Waals surface area contributed by atoms with Crippen LogP contribution in [0.4, 0.5) is 0 Å². The van der Waals surface area contributed by atoms with E-state index < -0.39 is 0 Å². The molecule has 0 saturated heterocycles. The van der Waals surface area contributed by atoms with Crippen LogP contribution in [0.1, 0.15) is 80.1 Å². The second kappa shape index (κ2) is 5.30. The molecule has 1 saturated carbocycles. The van der Waals surface area contributed by atoms with Gasteiger partial charge in [0, 0.05) is 12.1 Å². The van der Waals surface area contributed by atoms with E-state index in [0.717, 1.165) is 0 Å². The fraction of sp³-hybridized carbons (Fsp3) is 1.00. The second-order valence-corrected chi connectivity index (χ2v) is 8.37. The van der Waals surface area contributed by atoms with Crippen molar-refractivity contribution in [2.45, 2.75) is 85.6 Å². The Balaban J connectivity index is 2.31. The van der Waals surface area contributed by atoms with Crippen molar-refractivity contribution in [3.05, 3.63) is 0 Å². The van der Waals surface area contributed by atoms with Crippen molar-refractivity contribution in [3.63, 3.8) is 0 Å². The van der Waals surface area contributed by atoms with Crippen LogP contribution in [-0.4, -0.2) is 12.1 Å². The zero-order chi connectivity index (χ0) is 13.2. The molecule has 1 N–H and O–H groups in total. The van der Waals surface area contributed by atoms with Gasteiger partial charge in [-0.2, -0.15) is 0 Å². The first-order valence-corrected chi connectivity index (χ1v) is 7.37. The Bertz CT molecular complexity index is 225. The average molecular weight is 239 g/mol. The minimum absolute atomic E-state index is 0.270. The SMILES string of the molecule is CC(C)(C)CCCC1(CNC(C)(C)C)CCC1. The van der Waals surface area contributed by atoms with Crippen molar-refractivity contribution in [3.8, 4) is 0 Å². The summed E-state index contributed by atoms with van der Waals surface area (Å²) < 4.78 is 0. The molecule has 0 bridgehead atoms. The molecular formula is C16H33N. The monoisotopic (exact) mass is 239 g/mol. The molecule has 1 aliphatic rings. The predicted octanol–water partition coefficient (Wildman–Crippen LogP) is 4.76. The largest absolute Gasteiger partial charge is 0.312 e. The Morgan fingerprint density at radius 2 is 1.59 bits per heavy atom. The third-order valence-corrected chi connectivity index (χ3v) is 4.04. The first-order valence-electron chi connectivity index (χ1n) is 7.37. The van der Waals surface area contributed by atoms with Crippen molar-refractivity contribution < 1.29 is 0 Å². The van der Waals surface area contributed by atoms with Gasteiger partial charge in [-0.1, -0.05) is 33.6 Å². The molecule has 1 fully saturated rings. The average Bonchev–Trinajstić information content (AvgIpc) is 2.04. The summed E-state index contributed by atoms with van der Waals surface area (Å²) >= 11 is 0. The molecule has 0 amide bonds. The van der Waals surface area contributed by atoms with E-state index in [-0.39, 0.29) is 5.54 Å². The Morgan fingerprint density at radius 1 is 1.00 bits per heavy atom. The highest BCUT2D eigenvalue weighted by molar-refractivity contribution is 4.91. The van der Waals surface area contributed by atoms with Crippen LogP contribution in [0.5, 0.6) is 0 Å². The zero-order valence-corrected chi connectivity index (χ0v) is 12.9. The summed E-state index contributed by atoms with van der Waals surface area (Å²) in [5.74, 6) is 0. The van der Waals surface area contributed by atoms with Crippen LogP contribution >= 0.6 is 0 Å². The highest BCUT2D eigenvalue weighted by Gasteiger charge is 2.36. The maximum absolute atomic E-state index is 3.71. The molecule has 0 atom stereocenters. The maximum atomic E-state index is 3.71. The van der Waals surface area contributed by atoms with E-state index in [1.54, 1.807) is 0 Å². The molecule has 0 aromatic rings. The molecule has 1 nitrogen and oxygen atoms in total. The molecule has 0 aromatic heterocycles. The van der Waals surface area contributed by atoms with Gasteiger partial charge in [-0.25, -0.2) is 0 Å². The molecule has 0 spiro atoms. The van der Waals surface area contributed by atoms with E-state index in [0.29, 0.717) is 10.8 Å². The van der Waals surface area contributed by atoms with Gasteiger partial charge in [0.05, 0.1) is 0 Å². The molecule has 1 heteroatoms. The van der Waals surface area contributed by atoms with Crippen LogP contribution in [0.15, 0.2) is 0 Å². The van der Waals surface area contributed by atoms with Gasteiger partial charge in [-0.15, -0.1) is 0 Å². The Hall–Kier alpha value is -0.0400. The number of hydrogen-bond donors (Lipinski definition) is 1. The summed E-state index contributed by atoms with van der Waals surface area (Å²) in [7, 11) is 0. The van der Waals surface area contributed by atoms with E-state index in [9.17, 15) is 0 Å². The third kappa shape index (κ3) is 5.90. The van der Waals surface area contributed by atoms with Gasteiger partial charge in [0.25, 0.3) is 0 Å². The molecule has 0 unspecified atom stereocenters. The van der Waals surface area contributed by atoms with Crippen LogP contribution < -0.4 is 5.32 Å². The molecule has 1 rings (SSSR count). The molecule has 0 aromatic carbocycles. The lowest BCUT2D eigenvalue weighted by atomic mass is 9.65. The predicted molar refractivity (Wildman–Crippen MR) is 77.3 cm³/mol. The van der Waals surface area contributed by atoms with Crippen LogP contribution in [0.25, 0.3) is 0 Å². The van der Waals surface area contributed by atoms with Crippen LogP contribution in [-0.2, 0) is 0 Å². The maximum Gasteiger partial charge on any atom is 0.00967 e. The summed E-state index contributed by atoms with van der Waals surface area (Å²) in [4.78, 5) is 0. The number of hydrogen-bond acceptors (Lipinski definition) is 1. The first kappa shape index (κ1) is 15.0. The van der Waals surface area contributed by atoms with Crippen molar-refractivity contribution in [2.24, 2.45) is 10.8 Å². The van der Waals surface area contributed by atoms with E-state index >= 15 is 0 Å². The van der Waals surface area contributed by atoms with Crippen molar-refractivity contribution >= 4 is 0 Å². The molecule has 102 valence electrons. The van der Waals surface area contributed by atoms with Gasteiger partial charge in [-0.3, -0.25) is 0 Å². The summed E-state index contributed by atoms with van der Waals surface area (Å²) in [6.45, 7) is 15.1. The summed E-state index contributed by atoms with van der Waals surface area (Å²) in [5, 5.41) is 3.71. The van der Waals surface area contributed by atoms with Crippen LogP contribution in [0, 0.1) is 10.8 Å². The minimum Gasteiger partial charge on any atom is -0.312 e. The minimum atomic E-state index is 0.270. The van der Waals surface area contributed by atoms with Crippen molar-refractivity contribution in [1.29, 1.82) is 0 Å². The normalized spacial score (nSPS) is 20.1. The van der Waals surface area contributed by atoms with E-state index in [2.05, 4.69) is 46.9 Å². The number of rotatable bonds is 5. The highest BCUT2D eigenvalue weighted by Crippen LogP contribution is 2.45. The molecule has 0 heterocycles. The lowest BCUT2D eigenvalue weighted by Gasteiger charge is -2.44. The first-order chi connectivity index (χ1) is 7.62. The molecule has 0 aliphatic heterocycles. The van der Waals surface area contributed by atoms with Gasteiger partial charge in [0.2, 0.25) is 0 Å². The second-order valence-electron chi connectivity index (χ2n) is 8.37. The molecule has 0 radical (unpaired) electrons. The van der Waals surface area contributed by atoms with Crippen LogP contribution in [0.3, 0.4) is 0 Å². The van der Waals surface area contributed by atoms with E-state index in [1.807, 2.05) is 0 Å².